The second-order valence-electron chi connectivity index (χ2n) is 6.57. The van der Waals surface area contributed by atoms with E-state index in [1.807, 2.05) is 35.2 Å². The number of hydrogen-bond acceptors (Lipinski definition) is 3. The van der Waals surface area contributed by atoms with E-state index in [9.17, 15) is 4.79 Å². The molecule has 120 valence electrons. The van der Waals surface area contributed by atoms with Crippen LogP contribution in [-0.4, -0.2) is 47.9 Å². The molecule has 0 radical (unpaired) electrons. The summed E-state index contributed by atoms with van der Waals surface area (Å²) in [4.78, 5) is 17.3. The number of nitrogens with zero attached hydrogens (tertiary/aromatic N) is 2. The number of amides is 1. The summed E-state index contributed by atoms with van der Waals surface area (Å²) >= 11 is 0. The smallest absolute Gasteiger partial charge is 0.244 e. The molecule has 1 aromatic carbocycles. The number of benzene rings is 1. The number of nitrogens with two attached hydrogens (primary N) is 1. The Morgan fingerprint density at radius 2 is 1.77 bits per heavy atom. The Labute approximate surface area is 133 Å². The van der Waals surface area contributed by atoms with Crippen molar-refractivity contribution >= 4 is 5.91 Å². The summed E-state index contributed by atoms with van der Waals surface area (Å²) in [6, 6.07) is 9.71. The maximum Gasteiger partial charge on any atom is 0.244 e. The normalized spacial score (nSPS) is 25.0. The van der Waals surface area contributed by atoms with Crippen LogP contribution < -0.4 is 5.73 Å². The van der Waals surface area contributed by atoms with Crippen LogP contribution in [-0.2, 0) is 4.79 Å². The van der Waals surface area contributed by atoms with Gasteiger partial charge in [0.05, 0.1) is 0 Å². The van der Waals surface area contributed by atoms with Gasteiger partial charge in [-0.15, -0.1) is 0 Å². The molecule has 0 aliphatic carbocycles. The lowest BCUT2D eigenvalue weighted by Gasteiger charge is -2.41. The molecule has 4 heteroatoms. The Morgan fingerprint density at radius 3 is 2.50 bits per heavy atom. The van der Waals surface area contributed by atoms with Crippen molar-refractivity contribution in [3.8, 4) is 0 Å². The second kappa shape index (κ2) is 7.25. The highest BCUT2D eigenvalue weighted by molar-refractivity contribution is 5.83. The molecule has 2 aliphatic rings. The first-order valence-corrected chi connectivity index (χ1v) is 8.59. The van der Waals surface area contributed by atoms with Gasteiger partial charge in [-0.25, -0.2) is 0 Å². The van der Waals surface area contributed by atoms with Gasteiger partial charge < -0.3 is 10.6 Å². The molecule has 0 spiro atoms. The monoisotopic (exact) mass is 301 g/mol. The van der Waals surface area contributed by atoms with E-state index in [4.69, 9.17) is 5.73 Å². The average molecular weight is 301 g/mol. The van der Waals surface area contributed by atoms with Crippen molar-refractivity contribution in [2.45, 2.75) is 44.2 Å². The molecule has 1 amide bonds. The summed E-state index contributed by atoms with van der Waals surface area (Å²) in [6.45, 7) is 4.08. The van der Waals surface area contributed by atoms with Crippen molar-refractivity contribution in [3.63, 3.8) is 0 Å². The second-order valence-corrected chi connectivity index (χ2v) is 6.57. The molecule has 0 aromatic heterocycles. The van der Waals surface area contributed by atoms with Crippen molar-refractivity contribution < 1.29 is 4.79 Å². The zero-order valence-electron chi connectivity index (χ0n) is 13.3. The third-order valence-corrected chi connectivity index (χ3v) is 5.04. The fourth-order valence-electron chi connectivity index (χ4n) is 3.74. The highest BCUT2D eigenvalue weighted by Crippen LogP contribution is 2.22. The van der Waals surface area contributed by atoms with Gasteiger partial charge in [0.25, 0.3) is 0 Å². The van der Waals surface area contributed by atoms with Crippen LogP contribution in [0.5, 0.6) is 0 Å². The van der Waals surface area contributed by atoms with Gasteiger partial charge in [-0.05, 0) is 44.3 Å². The van der Waals surface area contributed by atoms with Crippen LogP contribution in [0.3, 0.4) is 0 Å². The molecule has 2 heterocycles. The summed E-state index contributed by atoms with van der Waals surface area (Å²) in [5.74, 6) is 0.0768. The van der Waals surface area contributed by atoms with Crippen LogP contribution in [0.15, 0.2) is 30.3 Å². The third-order valence-electron chi connectivity index (χ3n) is 5.04. The minimum Gasteiger partial charge on any atom is -0.339 e. The number of hydrogen-bond donors (Lipinski definition) is 1. The SMILES string of the molecule is N[C@@H](C(=O)N1CCC[C@H](N2CCCCC2)C1)c1ccccc1. The summed E-state index contributed by atoms with van der Waals surface area (Å²) in [5.41, 5.74) is 7.10. The van der Waals surface area contributed by atoms with Crippen LogP contribution in [0.1, 0.15) is 43.7 Å². The first kappa shape index (κ1) is 15.5. The lowest BCUT2D eigenvalue weighted by atomic mass is 9.99. The number of likely N-dealkylation sites (tertiary alicyclic amines) is 2. The van der Waals surface area contributed by atoms with Gasteiger partial charge >= 0.3 is 0 Å². The Hall–Kier alpha value is -1.39. The molecule has 0 bridgehead atoms. The molecule has 2 aliphatic heterocycles. The molecule has 0 unspecified atom stereocenters. The van der Waals surface area contributed by atoms with E-state index in [1.165, 1.54) is 38.8 Å². The first-order chi connectivity index (χ1) is 10.8. The maximum atomic E-state index is 12.7. The molecule has 1 aromatic rings. The lowest BCUT2D eigenvalue weighted by molar-refractivity contribution is -0.135. The van der Waals surface area contributed by atoms with E-state index in [2.05, 4.69) is 4.90 Å². The summed E-state index contributed by atoms with van der Waals surface area (Å²) in [5, 5.41) is 0. The number of rotatable bonds is 3. The molecule has 22 heavy (non-hydrogen) atoms. The Morgan fingerprint density at radius 1 is 1.05 bits per heavy atom. The molecule has 0 saturated carbocycles. The molecule has 2 saturated heterocycles. The van der Waals surface area contributed by atoms with E-state index in [1.54, 1.807) is 0 Å². The van der Waals surface area contributed by atoms with Gasteiger partial charge in [0, 0.05) is 19.1 Å². The molecular weight excluding hydrogens is 274 g/mol. The maximum absolute atomic E-state index is 12.7. The van der Waals surface area contributed by atoms with Crippen LogP contribution >= 0.6 is 0 Å². The van der Waals surface area contributed by atoms with E-state index in [-0.39, 0.29) is 5.91 Å². The van der Waals surface area contributed by atoms with E-state index in [0.29, 0.717) is 6.04 Å². The highest BCUT2D eigenvalue weighted by Gasteiger charge is 2.30. The minimum atomic E-state index is -0.527. The molecule has 2 fully saturated rings. The summed E-state index contributed by atoms with van der Waals surface area (Å²) < 4.78 is 0. The lowest BCUT2D eigenvalue weighted by Crippen LogP contribution is -2.52. The Kier molecular flexibility index (Phi) is 5.11. The molecule has 4 nitrogen and oxygen atoms in total. The van der Waals surface area contributed by atoms with Crippen molar-refractivity contribution in [1.82, 2.24) is 9.80 Å². The van der Waals surface area contributed by atoms with Gasteiger partial charge in [-0.1, -0.05) is 36.8 Å². The molecule has 3 rings (SSSR count). The summed E-state index contributed by atoms with van der Waals surface area (Å²) in [6.07, 6.45) is 6.26. The average Bonchev–Trinajstić information content (AvgIpc) is 2.62. The topological polar surface area (TPSA) is 49.6 Å². The third kappa shape index (κ3) is 3.50. The van der Waals surface area contributed by atoms with E-state index in [0.717, 1.165) is 25.1 Å². The van der Waals surface area contributed by atoms with E-state index >= 15 is 0 Å². The van der Waals surface area contributed by atoms with Crippen molar-refractivity contribution in [1.29, 1.82) is 0 Å². The fraction of sp³-hybridized carbons (Fsp3) is 0.611. The Balaban J connectivity index is 1.62. The first-order valence-electron chi connectivity index (χ1n) is 8.59. The zero-order chi connectivity index (χ0) is 15.4. The highest BCUT2D eigenvalue weighted by atomic mass is 16.2. The van der Waals surface area contributed by atoms with E-state index < -0.39 is 6.04 Å². The van der Waals surface area contributed by atoms with Gasteiger partial charge in [0.1, 0.15) is 6.04 Å². The van der Waals surface area contributed by atoms with Gasteiger partial charge in [0.15, 0.2) is 0 Å². The van der Waals surface area contributed by atoms with Crippen molar-refractivity contribution in [2.75, 3.05) is 26.2 Å². The molecular formula is C18H27N3O. The van der Waals surface area contributed by atoms with Crippen LogP contribution in [0.4, 0.5) is 0 Å². The minimum absolute atomic E-state index is 0.0768. The van der Waals surface area contributed by atoms with Gasteiger partial charge in [-0.3, -0.25) is 9.69 Å². The predicted octanol–water partition coefficient (Wildman–Crippen LogP) is 2.16. The number of carbonyl (C=O) groups excluding carboxylic acids is 1. The largest absolute Gasteiger partial charge is 0.339 e. The fourth-order valence-corrected chi connectivity index (χ4v) is 3.74. The van der Waals surface area contributed by atoms with Gasteiger partial charge in [0.2, 0.25) is 5.91 Å². The number of carbonyl (C=O) groups is 1. The van der Waals surface area contributed by atoms with Crippen LogP contribution in [0.25, 0.3) is 0 Å². The number of piperidine rings is 2. The van der Waals surface area contributed by atoms with Crippen LogP contribution in [0, 0.1) is 0 Å². The van der Waals surface area contributed by atoms with Crippen LogP contribution in [0.2, 0.25) is 0 Å². The Bertz CT molecular complexity index is 484. The van der Waals surface area contributed by atoms with Crippen molar-refractivity contribution in [2.24, 2.45) is 5.73 Å². The zero-order valence-corrected chi connectivity index (χ0v) is 13.3. The van der Waals surface area contributed by atoms with Gasteiger partial charge in [-0.2, -0.15) is 0 Å². The molecule has 2 atom stereocenters. The quantitative estimate of drug-likeness (QED) is 0.931. The summed E-state index contributed by atoms with van der Waals surface area (Å²) in [7, 11) is 0. The standard InChI is InChI=1S/C18H27N3O/c19-17(15-8-3-1-4-9-15)18(22)21-13-7-10-16(14-21)20-11-5-2-6-12-20/h1,3-4,8-9,16-17H,2,5-7,10-14,19H2/t16-,17+/m0/s1. The van der Waals surface area contributed by atoms with Crippen molar-refractivity contribution in [3.05, 3.63) is 35.9 Å². The predicted molar refractivity (Wildman–Crippen MR) is 88.4 cm³/mol. The molecule has 2 N–H and O–H groups in total.